The van der Waals surface area contributed by atoms with E-state index in [-0.39, 0.29) is 5.78 Å². The maximum Gasteiger partial charge on any atom is 0.174 e. The molecule has 3 rings (SSSR count). The van der Waals surface area contributed by atoms with E-state index < -0.39 is 0 Å². The van der Waals surface area contributed by atoms with Crippen LogP contribution in [0.5, 0.6) is 0 Å². The van der Waals surface area contributed by atoms with Gasteiger partial charge >= 0.3 is 0 Å². The third-order valence-electron chi connectivity index (χ3n) is 4.01. The van der Waals surface area contributed by atoms with Gasteiger partial charge in [-0.2, -0.15) is 0 Å². The van der Waals surface area contributed by atoms with Crippen molar-refractivity contribution in [3.63, 3.8) is 0 Å². The number of aromatic nitrogens is 2. The van der Waals surface area contributed by atoms with Gasteiger partial charge in [0.25, 0.3) is 0 Å². The molecule has 0 saturated heterocycles. The Morgan fingerprint density at radius 1 is 1.08 bits per heavy atom. The molecule has 0 radical (unpaired) electrons. The van der Waals surface area contributed by atoms with Crippen LogP contribution in [0.1, 0.15) is 27.3 Å². The van der Waals surface area contributed by atoms with Crippen LogP contribution in [0.25, 0.3) is 5.69 Å². The normalized spacial score (nSPS) is 10.8. The summed E-state index contributed by atoms with van der Waals surface area (Å²) in [6.45, 7) is 6.12. The van der Waals surface area contributed by atoms with Crippen LogP contribution >= 0.6 is 11.8 Å². The molecule has 0 unspecified atom stereocenters. The highest BCUT2D eigenvalue weighted by Gasteiger charge is 2.17. The Morgan fingerprint density at radius 2 is 1.83 bits per heavy atom. The zero-order valence-electron chi connectivity index (χ0n) is 14.1. The van der Waals surface area contributed by atoms with Crippen molar-refractivity contribution >= 4 is 17.5 Å². The van der Waals surface area contributed by atoms with Crippen LogP contribution in [-0.2, 0) is 0 Å². The van der Waals surface area contributed by atoms with Gasteiger partial charge in [0.15, 0.2) is 5.78 Å². The second-order valence-electron chi connectivity index (χ2n) is 5.84. The SMILES string of the molecule is Cc1ccc(-n2c(C)cc(C(=O)CSc3ccccn3)c2C)cc1. The highest BCUT2D eigenvalue weighted by Crippen LogP contribution is 2.24. The van der Waals surface area contributed by atoms with Gasteiger partial charge in [-0.15, -0.1) is 0 Å². The van der Waals surface area contributed by atoms with Crippen molar-refractivity contribution in [1.82, 2.24) is 9.55 Å². The standard InChI is InChI=1S/C20H20N2OS/c1-14-7-9-17(10-8-14)22-15(2)12-18(16(22)3)19(23)13-24-20-6-4-5-11-21-20/h4-12H,13H2,1-3H3. The fourth-order valence-corrected chi connectivity index (χ4v) is 3.53. The lowest BCUT2D eigenvalue weighted by molar-refractivity contribution is 0.102. The molecule has 0 atom stereocenters. The van der Waals surface area contributed by atoms with Crippen LogP contribution in [-0.4, -0.2) is 21.1 Å². The number of rotatable bonds is 5. The molecule has 0 spiro atoms. The zero-order chi connectivity index (χ0) is 17.1. The Hall–Kier alpha value is -2.33. The van der Waals surface area contributed by atoms with Crippen molar-refractivity contribution in [2.75, 3.05) is 5.75 Å². The fraction of sp³-hybridized carbons (Fsp3) is 0.200. The molecule has 3 nitrogen and oxygen atoms in total. The number of hydrogen-bond donors (Lipinski definition) is 0. The van der Waals surface area contributed by atoms with Crippen molar-refractivity contribution < 1.29 is 4.79 Å². The van der Waals surface area contributed by atoms with Crippen molar-refractivity contribution in [3.05, 3.63) is 77.2 Å². The molecule has 2 heterocycles. The van der Waals surface area contributed by atoms with Crippen LogP contribution in [0.4, 0.5) is 0 Å². The highest BCUT2D eigenvalue weighted by molar-refractivity contribution is 7.99. The van der Waals surface area contributed by atoms with E-state index in [1.165, 1.54) is 17.3 Å². The predicted molar refractivity (Wildman–Crippen MR) is 99.3 cm³/mol. The highest BCUT2D eigenvalue weighted by atomic mass is 32.2. The minimum atomic E-state index is 0.136. The molecule has 0 N–H and O–H groups in total. The van der Waals surface area contributed by atoms with Gasteiger partial charge in [-0.25, -0.2) is 4.98 Å². The lowest BCUT2D eigenvalue weighted by Gasteiger charge is -2.10. The molecule has 0 amide bonds. The molecule has 0 aliphatic heterocycles. The largest absolute Gasteiger partial charge is 0.318 e. The van der Waals surface area contributed by atoms with E-state index in [4.69, 9.17) is 0 Å². The number of aryl methyl sites for hydroxylation is 2. The van der Waals surface area contributed by atoms with Crippen molar-refractivity contribution in [3.8, 4) is 5.69 Å². The smallest absolute Gasteiger partial charge is 0.174 e. The summed E-state index contributed by atoms with van der Waals surface area (Å²) in [6.07, 6.45) is 1.75. The molecule has 24 heavy (non-hydrogen) atoms. The number of hydrogen-bond acceptors (Lipinski definition) is 3. The monoisotopic (exact) mass is 336 g/mol. The van der Waals surface area contributed by atoms with Gasteiger partial charge in [0.2, 0.25) is 0 Å². The van der Waals surface area contributed by atoms with Crippen LogP contribution in [0.2, 0.25) is 0 Å². The summed E-state index contributed by atoms with van der Waals surface area (Å²) in [5.41, 5.74) is 5.17. The van der Waals surface area contributed by atoms with Gasteiger partial charge < -0.3 is 4.57 Å². The van der Waals surface area contributed by atoms with E-state index in [2.05, 4.69) is 40.7 Å². The molecule has 2 aromatic heterocycles. The first-order valence-electron chi connectivity index (χ1n) is 7.89. The van der Waals surface area contributed by atoms with Gasteiger partial charge in [-0.1, -0.05) is 35.5 Å². The third-order valence-corrected chi connectivity index (χ3v) is 4.96. The fourth-order valence-electron chi connectivity index (χ4n) is 2.79. The van der Waals surface area contributed by atoms with Crippen LogP contribution in [0, 0.1) is 20.8 Å². The summed E-state index contributed by atoms with van der Waals surface area (Å²) in [4.78, 5) is 16.9. The van der Waals surface area contributed by atoms with Gasteiger partial charge in [0.05, 0.1) is 10.8 Å². The molecule has 1 aromatic carbocycles. The molecule has 0 saturated carbocycles. The summed E-state index contributed by atoms with van der Waals surface area (Å²) in [7, 11) is 0. The zero-order valence-corrected chi connectivity index (χ0v) is 14.9. The number of benzene rings is 1. The first kappa shape index (κ1) is 16.5. The summed E-state index contributed by atoms with van der Waals surface area (Å²) < 4.78 is 2.14. The molecule has 0 aliphatic rings. The van der Waals surface area contributed by atoms with Gasteiger partial charge in [-0.3, -0.25) is 4.79 Å². The predicted octanol–water partition coefficient (Wildman–Crippen LogP) is 4.77. The topological polar surface area (TPSA) is 34.9 Å². The van der Waals surface area contributed by atoms with E-state index in [1.807, 2.05) is 38.1 Å². The molecule has 4 heteroatoms. The molecular formula is C20H20N2OS. The van der Waals surface area contributed by atoms with Crippen LogP contribution in [0.3, 0.4) is 0 Å². The quantitative estimate of drug-likeness (QED) is 0.497. The van der Waals surface area contributed by atoms with Gasteiger partial charge in [-0.05, 0) is 51.1 Å². The lowest BCUT2D eigenvalue weighted by Crippen LogP contribution is -2.05. The van der Waals surface area contributed by atoms with E-state index in [9.17, 15) is 4.79 Å². The number of Topliss-reactive ketones (excluding diaryl/α,β-unsaturated/α-hetero) is 1. The first-order valence-corrected chi connectivity index (χ1v) is 8.88. The molecule has 122 valence electrons. The maximum absolute atomic E-state index is 12.6. The van der Waals surface area contributed by atoms with Gasteiger partial charge in [0.1, 0.15) is 0 Å². The Labute approximate surface area is 146 Å². The van der Waals surface area contributed by atoms with Crippen LogP contribution in [0.15, 0.2) is 59.8 Å². The summed E-state index contributed by atoms with van der Waals surface area (Å²) in [6, 6.07) is 16.1. The number of carbonyl (C=O) groups is 1. The molecule has 0 fully saturated rings. The van der Waals surface area contributed by atoms with Crippen molar-refractivity contribution in [2.24, 2.45) is 0 Å². The van der Waals surface area contributed by atoms with Crippen molar-refractivity contribution in [1.29, 1.82) is 0 Å². The van der Waals surface area contributed by atoms with Gasteiger partial charge in [0, 0.05) is 28.8 Å². The number of carbonyl (C=O) groups excluding carboxylic acids is 1. The van der Waals surface area contributed by atoms with E-state index in [0.717, 1.165) is 27.7 Å². The summed E-state index contributed by atoms with van der Waals surface area (Å²) in [5, 5.41) is 0.873. The van der Waals surface area contributed by atoms with Crippen molar-refractivity contribution in [2.45, 2.75) is 25.8 Å². The van der Waals surface area contributed by atoms with E-state index in [1.54, 1.807) is 6.20 Å². The first-order chi connectivity index (χ1) is 11.6. The minimum Gasteiger partial charge on any atom is -0.318 e. The molecule has 0 bridgehead atoms. The average Bonchev–Trinajstić information content (AvgIpc) is 2.89. The lowest BCUT2D eigenvalue weighted by atomic mass is 10.2. The Kier molecular flexibility index (Phi) is 4.86. The minimum absolute atomic E-state index is 0.136. The van der Waals surface area contributed by atoms with Crippen LogP contribution < -0.4 is 0 Å². The molecule has 0 aliphatic carbocycles. The summed E-state index contributed by atoms with van der Waals surface area (Å²) in [5.74, 6) is 0.534. The maximum atomic E-state index is 12.6. The number of nitrogens with zero attached hydrogens (tertiary/aromatic N) is 2. The molecular weight excluding hydrogens is 316 g/mol. The third kappa shape index (κ3) is 3.44. The number of ketones is 1. The Balaban J connectivity index is 1.83. The number of thioether (sulfide) groups is 1. The second-order valence-corrected chi connectivity index (χ2v) is 6.83. The number of pyridine rings is 1. The van der Waals surface area contributed by atoms with E-state index in [0.29, 0.717) is 5.75 Å². The summed E-state index contributed by atoms with van der Waals surface area (Å²) >= 11 is 1.48. The second kappa shape index (κ2) is 7.05. The Bertz CT molecular complexity index is 851. The Morgan fingerprint density at radius 3 is 2.50 bits per heavy atom. The average molecular weight is 336 g/mol. The molecule has 3 aromatic rings. The van der Waals surface area contributed by atoms with E-state index >= 15 is 0 Å².